The van der Waals surface area contributed by atoms with Crippen LogP contribution in [0.25, 0.3) is 0 Å². The van der Waals surface area contributed by atoms with Crippen molar-refractivity contribution in [2.75, 3.05) is 23.3 Å². The number of amides is 1. The van der Waals surface area contributed by atoms with Crippen molar-refractivity contribution in [2.45, 2.75) is 39.4 Å². The van der Waals surface area contributed by atoms with Gasteiger partial charge in [-0.05, 0) is 50.5 Å². The van der Waals surface area contributed by atoms with Crippen LogP contribution in [0.2, 0.25) is 0 Å². The zero-order valence-corrected chi connectivity index (χ0v) is 16.5. The number of hydrogen-bond acceptors (Lipinski definition) is 5. The van der Waals surface area contributed by atoms with E-state index >= 15 is 0 Å². The third-order valence-corrected chi connectivity index (χ3v) is 5.09. The fourth-order valence-electron chi connectivity index (χ4n) is 3.38. The number of hydrogen-bond donors (Lipinski definition) is 1. The molecule has 1 aromatic heterocycles. The maximum atomic E-state index is 13.2. The van der Waals surface area contributed by atoms with Gasteiger partial charge < -0.3 is 10.2 Å². The van der Waals surface area contributed by atoms with Gasteiger partial charge in [0, 0.05) is 13.1 Å². The molecule has 30 heavy (non-hydrogen) atoms. The Morgan fingerprint density at radius 2 is 1.93 bits per heavy atom. The number of carbonyl (C=O) groups is 1. The molecule has 1 aliphatic heterocycles. The number of carbonyl (C=O) groups excluding carboxylic acids is 1. The number of rotatable bonds is 4. The van der Waals surface area contributed by atoms with Crippen molar-refractivity contribution in [1.82, 2.24) is 9.78 Å². The highest BCUT2D eigenvalue weighted by Crippen LogP contribution is 2.36. The number of aromatic nitrogens is 2. The molecule has 1 aromatic carbocycles. The van der Waals surface area contributed by atoms with Crippen molar-refractivity contribution in [2.24, 2.45) is 0 Å². The maximum absolute atomic E-state index is 13.2. The van der Waals surface area contributed by atoms with Gasteiger partial charge in [-0.2, -0.15) is 23.5 Å². The quantitative estimate of drug-likeness (QED) is 0.823. The number of nitriles is 1. The summed E-state index contributed by atoms with van der Waals surface area (Å²) in [6.07, 6.45) is -2.74. The van der Waals surface area contributed by atoms with Gasteiger partial charge in [0.2, 0.25) is 5.91 Å². The summed E-state index contributed by atoms with van der Waals surface area (Å²) in [5, 5.41) is 15.7. The lowest BCUT2D eigenvalue weighted by atomic mass is 10.1. The molecule has 0 aliphatic carbocycles. The molecule has 2 aromatic rings. The van der Waals surface area contributed by atoms with Gasteiger partial charge in [-0.1, -0.05) is 0 Å². The lowest BCUT2D eigenvalue weighted by molar-refractivity contribution is -0.137. The average molecular weight is 419 g/mol. The molecule has 0 saturated carbocycles. The Labute approximate surface area is 170 Å². The summed E-state index contributed by atoms with van der Waals surface area (Å²) in [6.45, 7) is 4.01. The van der Waals surface area contributed by atoms with E-state index in [0.29, 0.717) is 30.0 Å². The number of nitrogens with zero attached hydrogens (tertiary/aromatic N) is 4. The number of benzene rings is 1. The molecule has 0 atom stereocenters. The summed E-state index contributed by atoms with van der Waals surface area (Å²) >= 11 is 0. The van der Waals surface area contributed by atoms with Crippen LogP contribution in [-0.4, -0.2) is 28.8 Å². The molecule has 0 bridgehead atoms. The smallest absolute Gasteiger partial charge is 0.370 e. The molecule has 1 fully saturated rings. The highest BCUT2D eigenvalue weighted by Gasteiger charge is 2.32. The normalized spacial score (nSPS) is 13.9. The Hall–Kier alpha value is -3.35. The molecule has 1 saturated heterocycles. The summed E-state index contributed by atoms with van der Waals surface area (Å²) < 4.78 is 40.3. The van der Waals surface area contributed by atoms with Gasteiger partial charge in [0.1, 0.15) is 18.2 Å². The van der Waals surface area contributed by atoms with Crippen LogP contribution < -0.4 is 15.8 Å². The molecule has 1 amide bonds. The van der Waals surface area contributed by atoms with E-state index in [-0.39, 0.29) is 11.3 Å². The number of halogens is 3. The van der Waals surface area contributed by atoms with Crippen LogP contribution in [0.5, 0.6) is 0 Å². The van der Waals surface area contributed by atoms with Gasteiger partial charge >= 0.3 is 6.18 Å². The van der Waals surface area contributed by atoms with E-state index in [9.17, 15) is 28.0 Å². The summed E-state index contributed by atoms with van der Waals surface area (Å²) in [5.74, 6) is -0.712. The van der Waals surface area contributed by atoms with Gasteiger partial charge in [-0.15, -0.1) is 0 Å². The molecule has 0 radical (unpaired) electrons. The summed E-state index contributed by atoms with van der Waals surface area (Å²) in [4.78, 5) is 26.8. The van der Waals surface area contributed by atoms with Crippen LogP contribution in [0, 0.1) is 25.2 Å². The van der Waals surface area contributed by atoms with Crippen molar-refractivity contribution in [1.29, 1.82) is 5.26 Å². The zero-order chi connectivity index (χ0) is 22.1. The van der Waals surface area contributed by atoms with Gasteiger partial charge in [-0.25, -0.2) is 4.68 Å². The SMILES string of the molecule is Cc1nn(CC(=O)Nc2cc(C(F)(F)F)ccc2N2CCCC2)c(=O)c(C#N)c1C. The number of aryl methyl sites for hydroxylation is 1. The molecule has 1 aliphatic rings. The van der Waals surface area contributed by atoms with E-state index in [1.807, 2.05) is 4.90 Å². The molecular weight excluding hydrogens is 399 g/mol. The Morgan fingerprint density at radius 1 is 1.27 bits per heavy atom. The first kappa shape index (κ1) is 21.4. The first-order valence-electron chi connectivity index (χ1n) is 9.36. The van der Waals surface area contributed by atoms with Crippen molar-refractivity contribution < 1.29 is 18.0 Å². The molecule has 0 spiro atoms. The van der Waals surface area contributed by atoms with Crippen molar-refractivity contribution in [3.8, 4) is 6.07 Å². The van der Waals surface area contributed by atoms with Gasteiger partial charge in [0.25, 0.3) is 5.56 Å². The van der Waals surface area contributed by atoms with Crippen LogP contribution in [0.15, 0.2) is 23.0 Å². The van der Waals surface area contributed by atoms with Crippen molar-refractivity contribution in [3.63, 3.8) is 0 Å². The average Bonchev–Trinajstić information content (AvgIpc) is 3.20. The van der Waals surface area contributed by atoms with Crippen LogP contribution in [-0.2, 0) is 17.5 Å². The molecular formula is C20H20F3N5O2. The third kappa shape index (κ3) is 4.30. The Balaban J connectivity index is 1.92. The summed E-state index contributed by atoms with van der Waals surface area (Å²) in [7, 11) is 0. The van der Waals surface area contributed by atoms with Crippen LogP contribution in [0.4, 0.5) is 24.5 Å². The monoisotopic (exact) mass is 419 g/mol. The molecule has 2 heterocycles. The second-order valence-electron chi connectivity index (χ2n) is 7.13. The first-order valence-corrected chi connectivity index (χ1v) is 9.36. The Bertz CT molecular complexity index is 1080. The van der Waals surface area contributed by atoms with Gasteiger partial charge in [0.05, 0.1) is 22.6 Å². The standard InChI is InChI=1S/C20H20F3N5O2/c1-12-13(2)26-28(19(30)15(12)10-24)11-18(29)25-16-9-14(20(21,22)23)5-6-17(16)27-7-3-4-8-27/h5-6,9H,3-4,7-8,11H2,1-2H3,(H,25,29). The second kappa shape index (κ2) is 8.18. The van der Waals surface area contributed by atoms with E-state index in [1.54, 1.807) is 19.9 Å². The summed E-state index contributed by atoms with van der Waals surface area (Å²) in [5.41, 5.74) is -0.370. The fourth-order valence-corrected chi connectivity index (χ4v) is 3.38. The van der Waals surface area contributed by atoms with E-state index in [4.69, 9.17) is 0 Å². The molecule has 158 valence electrons. The third-order valence-electron chi connectivity index (χ3n) is 5.09. The Morgan fingerprint density at radius 3 is 2.53 bits per heavy atom. The van der Waals surface area contributed by atoms with Crippen molar-refractivity contribution in [3.05, 3.63) is 50.9 Å². The molecule has 7 nitrogen and oxygen atoms in total. The number of alkyl halides is 3. The largest absolute Gasteiger partial charge is 0.416 e. The van der Waals surface area contributed by atoms with Crippen LogP contribution in [0.1, 0.15) is 35.2 Å². The highest BCUT2D eigenvalue weighted by molar-refractivity contribution is 5.94. The molecule has 1 N–H and O–H groups in total. The lowest BCUT2D eigenvalue weighted by Crippen LogP contribution is -2.33. The number of nitrogens with one attached hydrogen (secondary N) is 1. The van der Waals surface area contributed by atoms with E-state index in [2.05, 4.69) is 10.4 Å². The summed E-state index contributed by atoms with van der Waals surface area (Å²) in [6, 6.07) is 5.02. The van der Waals surface area contributed by atoms with E-state index in [1.165, 1.54) is 6.07 Å². The highest BCUT2D eigenvalue weighted by atomic mass is 19.4. The Kier molecular flexibility index (Phi) is 5.82. The van der Waals surface area contributed by atoms with Crippen LogP contribution >= 0.6 is 0 Å². The minimum absolute atomic E-state index is 0.0223. The predicted molar refractivity (Wildman–Crippen MR) is 104 cm³/mol. The van der Waals surface area contributed by atoms with Crippen molar-refractivity contribution >= 4 is 17.3 Å². The molecule has 3 rings (SSSR count). The van der Waals surface area contributed by atoms with E-state index < -0.39 is 29.8 Å². The maximum Gasteiger partial charge on any atom is 0.416 e. The number of anilines is 2. The fraction of sp³-hybridized carbons (Fsp3) is 0.400. The minimum Gasteiger partial charge on any atom is -0.370 e. The van der Waals surface area contributed by atoms with Gasteiger partial charge in [-0.3, -0.25) is 9.59 Å². The van der Waals surface area contributed by atoms with E-state index in [0.717, 1.165) is 29.7 Å². The predicted octanol–water partition coefficient (Wildman–Crippen LogP) is 2.99. The zero-order valence-electron chi connectivity index (χ0n) is 16.5. The first-order chi connectivity index (χ1) is 14.1. The van der Waals surface area contributed by atoms with Crippen LogP contribution in [0.3, 0.4) is 0 Å². The lowest BCUT2D eigenvalue weighted by Gasteiger charge is -2.23. The molecule has 10 heteroatoms. The topological polar surface area (TPSA) is 91.0 Å². The second-order valence-corrected chi connectivity index (χ2v) is 7.13. The van der Waals surface area contributed by atoms with Gasteiger partial charge in [0.15, 0.2) is 0 Å². The molecule has 0 unspecified atom stereocenters. The minimum atomic E-state index is -4.56.